The molecule has 2 aromatic rings. The molecule has 0 saturated carbocycles. The fourth-order valence-electron chi connectivity index (χ4n) is 1.86. The molecule has 0 aliphatic carbocycles. The third kappa shape index (κ3) is 5.60. The Balaban J connectivity index is 0.00000242. The van der Waals surface area contributed by atoms with Crippen molar-refractivity contribution in [2.75, 3.05) is 13.7 Å². The fraction of sp³-hybridized carbons (Fsp3) is 0.357. The molecule has 0 bridgehead atoms. The third-order valence-corrected chi connectivity index (χ3v) is 2.86. The van der Waals surface area contributed by atoms with Gasteiger partial charge in [-0.05, 0) is 24.6 Å². The standard InChI is InChI=1S/C14H20N6O.HI/c1-11(8-21-2)19-14(15)17-7-12-3-5-13(6-4-12)20-10-16-9-18-20;/h3-6,9-11H,7-8H2,1-2H3,(H3,15,17,19);1H. The van der Waals surface area contributed by atoms with Gasteiger partial charge in [-0.1, -0.05) is 12.1 Å². The lowest BCUT2D eigenvalue weighted by Gasteiger charge is -2.13. The Morgan fingerprint density at radius 1 is 1.41 bits per heavy atom. The minimum atomic E-state index is 0. The molecule has 1 atom stereocenters. The smallest absolute Gasteiger partial charge is 0.189 e. The van der Waals surface area contributed by atoms with Gasteiger partial charge < -0.3 is 15.8 Å². The molecule has 1 aromatic heterocycles. The minimum Gasteiger partial charge on any atom is -0.383 e. The maximum Gasteiger partial charge on any atom is 0.189 e. The number of nitrogens with zero attached hydrogens (tertiary/aromatic N) is 4. The van der Waals surface area contributed by atoms with E-state index in [9.17, 15) is 0 Å². The van der Waals surface area contributed by atoms with E-state index in [1.165, 1.54) is 6.33 Å². The molecule has 0 saturated heterocycles. The average molecular weight is 416 g/mol. The highest BCUT2D eigenvalue weighted by atomic mass is 127. The highest BCUT2D eigenvalue weighted by Crippen LogP contribution is 2.08. The molecule has 8 heteroatoms. The summed E-state index contributed by atoms with van der Waals surface area (Å²) in [5.41, 5.74) is 7.85. The molecule has 0 aliphatic heterocycles. The zero-order valence-electron chi connectivity index (χ0n) is 12.6. The maximum atomic E-state index is 5.82. The number of methoxy groups -OCH3 is 1. The number of ether oxygens (including phenoxy) is 1. The van der Waals surface area contributed by atoms with E-state index in [0.29, 0.717) is 19.1 Å². The van der Waals surface area contributed by atoms with E-state index >= 15 is 0 Å². The van der Waals surface area contributed by atoms with Crippen LogP contribution in [0.5, 0.6) is 0 Å². The molecule has 1 unspecified atom stereocenters. The summed E-state index contributed by atoms with van der Waals surface area (Å²) in [5.74, 6) is 0.417. The van der Waals surface area contributed by atoms with Gasteiger partial charge in [0.2, 0.25) is 0 Å². The summed E-state index contributed by atoms with van der Waals surface area (Å²) in [4.78, 5) is 8.22. The van der Waals surface area contributed by atoms with Crippen molar-refractivity contribution in [1.82, 2.24) is 20.1 Å². The third-order valence-electron chi connectivity index (χ3n) is 2.86. The second-order valence-corrected chi connectivity index (χ2v) is 4.71. The summed E-state index contributed by atoms with van der Waals surface area (Å²) in [6.45, 7) is 3.10. The fourth-order valence-corrected chi connectivity index (χ4v) is 1.86. The number of aromatic nitrogens is 3. The molecule has 0 fully saturated rings. The van der Waals surface area contributed by atoms with Crippen LogP contribution in [0.1, 0.15) is 12.5 Å². The van der Waals surface area contributed by atoms with Gasteiger partial charge in [-0.3, -0.25) is 0 Å². The maximum absolute atomic E-state index is 5.82. The van der Waals surface area contributed by atoms with Crippen molar-refractivity contribution in [2.45, 2.75) is 19.5 Å². The van der Waals surface area contributed by atoms with Gasteiger partial charge in [-0.25, -0.2) is 14.7 Å². The summed E-state index contributed by atoms with van der Waals surface area (Å²) < 4.78 is 6.73. The minimum absolute atomic E-state index is 0. The first-order valence-electron chi connectivity index (χ1n) is 6.68. The molecule has 0 radical (unpaired) electrons. The van der Waals surface area contributed by atoms with Gasteiger partial charge in [-0.15, -0.1) is 24.0 Å². The second-order valence-electron chi connectivity index (χ2n) is 4.71. The van der Waals surface area contributed by atoms with Crippen LogP contribution in [0.4, 0.5) is 0 Å². The average Bonchev–Trinajstić information content (AvgIpc) is 3.00. The molecule has 3 N–H and O–H groups in total. The van der Waals surface area contributed by atoms with Gasteiger partial charge >= 0.3 is 0 Å². The molecule has 7 nitrogen and oxygen atoms in total. The molecular weight excluding hydrogens is 395 g/mol. The highest BCUT2D eigenvalue weighted by molar-refractivity contribution is 14.0. The number of aliphatic imine (C=N–C) groups is 1. The number of rotatable bonds is 6. The molecule has 0 aliphatic rings. The van der Waals surface area contributed by atoms with Crippen LogP contribution in [0, 0.1) is 0 Å². The number of hydrogen-bond acceptors (Lipinski definition) is 4. The lowest BCUT2D eigenvalue weighted by Crippen LogP contribution is -2.40. The molecule has 0 spiro atoms. The van der Waals surface area contributed by atoms with E-state index in [1.54, 1.807) is 18.1 Å². The SMILES string of the molecule is COCC(C)NC(N)=NCc1ccc(-n2cncn2)cc1.I. The second kappa shape index (κ2) is 9.36. The van der Waals surface area contributed by atoms with Crippen LogP contribution < -0.4 is 11.1 Å². The Morgan fingerprint density at radius 3 is 2.73 bits per heavy atom. The molecule has 22 heavy (non-hydrogen) atoms. The van der Waals surface area contributed by atoms with Crippen LogP contribution in [0.15, 0.2) is 41.9 Å². The van der Waals surface area contributed by atoms with Crippen LogP contribution >= 0.6 is 24.0 Å². The van der Waals surface area contributed by atoms with E-state index in [1.807, 2.05) is 31.2 Å². The Kier molecular flexibility index (Phi) is 7.82. The summed E-state index contributed by atoms with van der Waals surface area (Å²) in [5, 5.41) is 7.14. The molecule has 120 valence electrons. The molecule has 2 rings (SSSR count). The highest BCUT2D eigenvalue weighted by Gasteiger charge is 2.02. The Labute approximate surface area is 147 Å². The van der Waals surface area contributed by atoms with Gasteiger partial charge in [0.05, 0.1) is 18.8 Å². The van der Waals surface area contributed by atoms with E-state index in [2.05, 4.69) is 20.4 Å². The van der Waals surface area contributed by atoms with Crippen LogP contribution in [0.25, 0.3) is 5.69 Å². The lowest BCUT2D eigenvalue weighted by atomic mass is 10.2. The van der Waals surface area contributed by atoms with Crippen LogP contribution in [0.3, 0.4) is 0 Å². The van der Waals surface area contributed by atoms with Gasteiger partial charge in [0, 0.05) is 13.2 Å². The predicted octanol–water partition coefficient (Wildman–Crippen LogP) is 1.32. The van der Waals surface area contributed by atoms with Crippen molar-refractivity contribution in [3.63, 3.8) is 0 Å². The van der Waals surface area contributed by atoms with Crippen molar-refractivity contribution in [3.05, 3.63) is 42.5 Å². The van der Waals surface area contributed by atoms with Gasteiger partial charge in [0.15, 0.2) is 5.96 Å². The van der Waals surface area contributed by atoms with Crippen LogP contribution in [-0.2, 0) is 11.3 Å². The number of nitrogens with one attached hydrogen (secondary N) is 1. The van der Waals surface area contributed by atoms with Crippen LogP contribution in [0.2, 0.25) is 0 Å². The first kappa shape index (κ1) is 18.4. The van der Waals surface area contributed by atoms with Crippen molar-refractivity contribution in [2.24, 2.45) is 10.7 Å². The van der Waals surface area contributed by atoms with E-state index in [-0.39, 0.29) is 30.0 Å². The lowest BCUT2D eigenvalue weighted by molar-refractivity contribution is 0.179. The summed E-state index contributed by atoms with van der Waals surface area (Å²) >= 11 is 0. The Bertz CT molecular complexity index is 570. The summed E-state index contributed by atoms with van der Waals surface area (Å²) in [7, 11) is 1.65. The van der Waals surface area contributed by atoms with E-state index < -0.39 is 0 Å². The van der Waals surface area contributed by atoms with Crippen molar-refractivity contribution in [3.8, 4) is 5.69 Å². The topological polar surface area (TPSA) is 90.3 Å². The molecule has 1 heterocycles. The quantitative estimate of drug-likeness (QED) is 0.421. The number of hydrogen-bond donors (Lipinski definition) is 2. The van der Waals surface area contributed by atoms with E-state index in [4.69, 9.17) is 10.5 Å². The number of nitrogens with two attached hydrogens (primary N) is 1. The zero-order valence-corrected chi connectivity index (χ0v) is 15.0. The largest absolute Gasteiger partial charge is 0.383 e. The Morgan fingerprint density at radius 2 is 2.14 bits per heavy atom. The zero-order chi connectivity index (χ0) is 15.1. The number of benzene rings is 1. The van der Waals surface area contributed by atoms with Crippen LogP contribution in [-0.4, -0.2) is 40.5 Å². The van der Waals surface area contributed by atoms with Crippen molar-refractivity contribution >= 4 is 29.9 Å². The van der Waals surface area contributed by atoms with E-state index in [0.717, 1.165) is 11.3 Å². The predicted molar refractivity (Wildman–Crippen MR) is 96.6 cm³/mol. The summed E-state index contributed by atoms with van der Waals surface area (Å²) in [6.07, 6.45) is 3.16. The van der Waals surface area contributed by atoms with Gasteiger partial charge in [0.25, 0.3) is 0 Å². The number of guanidine groups is 1. The Hall–Kier alpha value is -1.68. The molecular formula is C14H21IN6O. The first-order chi connectivity index (χ1) is 10.2. The normalized spacial score (nSPS) is 12.5. The number of halogens is 1. The van der Waals surface area contributed by atoms with Crippen molar-refractivity contribution in [1.29, 1.82) is 0 Å². The molecule has 0 amide bonds. The first-order valence-corrected chi connectivity index (χ1v) is 6.68. The van der Waals surface area contributed by atoms with Crippen molar-refractivity contribution < 1.29 is 4.74 Å². The van der Waals surface area contributed by atoms with Gasteiger partial charge in [-0.2, -0.15) is 5.10 Å². The monoisotopic (exact) mass is 416 g/mol. The van der Waals surface area contributed by atoms with Gasteiger partial charge in [0.1, 0.15) is 12.7 Å². The summed E-state index contributed by atoms with van der Waals surface area (Å²) in [6, 6.07) is 8.06. The molecule has 1 aromatic carbocycles.